The summed E-state index contributed by atoms with van der Waals surface area (Å²) >= 11 is 0. The molecular formula is C11H25NO2. The highest BCUT2D eigenvalue weighted by Crippen LogP contribution is 2.18. The number of rotatable bonds is 9. The molecule has 0 aromatic carbocycles. The van der Waals surface area contributed by atoms with E-state index >= 15 is 0 Å². The Hall–Kier alpha value is -0.120. The van der Waals surface area contributed by atoms with Crippen LogP contribution in [-0.2, 0) is 4.74 Å². The zero-order valence-electron chi connectivity index (χ0n) is 9.81. The first-order valence-electron chi connectivity index (χ1n) is 5.43. The molecule has 86 valence electrons. The molecule has 0 aliphatic carbocycles. The van der Waals surface area contributed by atoms with Crippen LogP contribution in [0.2, 0.25) is 0 Å². The Labute approximate surface area is 87.8 Å². The van der Waals surface area contributed by atoms with Crippen molar-refractivity contribution in [2.24, 2.45) is 5.41 Å². The van der Waals surface area contributed by atoms with E-state index in [1.807, 2.05) is 0 Å². The van der Waals surface area contributed by atoms with Crippen molar-refractivity contribution in [2.75, 3.05) is 33.4 Å². The quantitative estimate of drug-likeness (QED) is 0.557. The standard InChI is InChI=1S/C11H25NO2/c1-11(2,6-9-14-3)10-12-7-4-5-8-13/h12-13H,4-10H2,1-3H3. The summed E-state index contributed by atoms with van der Waals surface area (Å²) < 4.78 is 5.06. The minimum absolute atomic E-state index is 0.300. The minimum atomic E-state index is 0.300. The van der Waals surface area contributed by atoms with Crippen molar-refractivity contribution in [2.45, 2.75) is 33.1 Å². The fourth-order valence-electron chi connectivity index (χ4n) is 1.26. The van der Waals surface area contributed by atoms with Crippen molar-refractivity contribution in [3.63, 3.8) is 0 Å². The van der Waals surface area contributed by atoms with Gasteiger partial charge in [-0.3, -0.25) is 0 Å². The minimum Gasteiger partial charge on any atom is -0.396 e. The van der Waals surface area contributed by atoms with Gasteiger partial charge in [0.15, 0.2) is 0 Å². The first kappa shape index (κ1) is 13.9. The smallest absolute Gasteiger partial charge is 0.0467 e. The molecule has 0 bridgehead atoms. The molecule has 3 heteroatoms. The van der Waals surface area contributed by atoms with Crippen LogP contribution in [0.15, 0.2) is 0 Å². The van der Waals surface area contributed by atoms with Gasteiger partial charge in [-0.2, -0.15) is 0 Å². The normalized spacial score (nSPS) is 12.0. The van der Waals surface area contributed by atoms with E-state index in [9.17, 15) is 0 Å². The summed E-state index contributed by atoms with van der Waals surface area (Å²) in [4.78, 5) is 0. The highest BCUT2D eigenvalue weighted by atomic mass is 16.5. The van der Waals surface area contributed by atoms with Crippen molar-refractivity contribution in [3.8, 4) is 0 Å². The van der Waals surface area contributed by atoms with Gasteiger partial charge in [-0.05, 0) is 31.2 Å². The fraction of sp³-hybridized carbons (Fsp3) is 1.00. The maximum absolute atomic E-state index is 8.60. The van der Waals surface area contributed by atoms with Gasteiger partial charge in [0.05, 0.1) is 0 Å². The van der Waals surface area contributed by atoms with E-state index in [0.29, 0.717) is 12.0 Å². The molecule has 0 aliphatic rings. The van der Waals surface area contributed by atoms with Gasteiger partial charge in [0.2, 0.25) is 0 Å². The van der Waals surface area contributed by atoms with Gasteiger partial charge in [0.25, 0.3) is 0 Å². The molecule has 0 heterocycles. The van der Waals surface area contributed by atoms with Crippen LogP contribution in [0.3, 0.4) is 0 Å². The van der Waals surface area contributed by atoms with E-state index < -0.39 is 0 Å². The molecule has 0 rings (SSSR count). The zero-order chi connectivity index (χ0) is 10.9. The fourth-order valence-corrected chi connectivity index (χ4v) is 1.26. The van der Waals surface area contributed by atoms with Crippen LogP contribution in [-0.4, -0.2) is 38.5 Å². The SMILES string of the molecule is COCCC(C)(C)CNCCCCO. The lowest BCUT2D eigenvalue weighted by Crippen LogP contribution is -2.31. The predicted octanol–water partition coefficient (Wildman–Crippen LogP) is 1.41. The Bertz CT molecular complexity index is 126. The molecule has 0 saturated heterocycles. The summed E-state index contributed by atoms with van der Waals surface area (Å²) in [6, 6.07) is 0. The topological polar surface area (TPSA) is 41.5 Å². The number of aliphatic hydroxyl groups excluding tert-OH is 1. The van der Waals surface area contributed by atoms with Crippen LogP contribution < -0.4 is 5.32 Å². The highest BCUT2D eigenvalue weighted by molar-refractivity contribution is 4.71. The average molecular weight is 203 g/mol. The highest BCUT2D eigenvalue weighted by Gasteiger charge is 2.16. The van der Waals surface area contributed by atoms with Crippen LogP contribution in [0.1, 0.15) is 33.1 Å². The zero-order valence-corrected chi connectivity index (χ0v) is 9.81. The van der Waals surface area contributed by atoms with E-state index in [1.54, 1.807) is 7.11 Å². The molecule has 0 spiro atoms. The molecule has 0 unspecified atom stereocenters. The van der Waals surface area contributed by atoms with Crippen LogP contribution in [0.5, 0.6) is 0 Å². The Balaban J connectivity index is 3.35. The number of nitrogens with one attached hydrogen (secondary N) is 1. The van der Waals surface area contributed by atoms with Crippen molar-refractivity contribution in [3.05, 3.63) is 0 Å². The summed E-state index contributed by atoms with van der Waals surface area (Å²) in [6.07, 6.45) is 3.03. The number of unbranched alkanes of at least 4 members (excludes halogenated alkanes) is 1. The molecule has 0 atom stereocenters. The monoisotopic (exact) mass is 203 g/mol. The first-order chi connectivity index (χ1) is 6.62. The van der Waals surface area contributed by atoms with Gasteiger partial charge < -0.3 is 15.2 Å². The van der Waals surface area contributed by atoms with Gasteiger partial charge in [-0.25, -0.2) is 0 Å². The summed E-state index contributed by atoms with van der Waals surface area (Å²) in [5.74, 6) is 0. The molecular weight excluding hydrogens is 178 g/mol. The van der Waals surface area contributed by atoms with E-state index in [1.165, 1.54) is 0 Å². The van der Waals surface area contributed by atoms with E-state index in [0.717, 1.165) is 39.0 Å². The van der Waals surface area contributed by atoms with E-state index in [-0.39, 0.29) is 0 Å². The molecule has 2 N–H and O–H groups in total. The molecule has 3 nitrogen and oxygen atoms in total. The number of aliphatic hydroxyl groups is 1. The van der Waals surface area contributed by atoms with Crippen LogP contribution >= 0.6 is 0 Å². The molecule has 0 saturated carbocycles. The molecule has 14 heavy (non-hydrogen) atoms. The summed E-state index contributed by atoms with van der Waals surface area (Å²) in [6.45, 7) is 7.62. The second-order valence-electron chi connectivity index (χ2n) is 4.51. The molecule has 0 aromatic heterocycles. The van der Waals surface area contributed by atoms with Crippen molar-refractivity contribution >= 4 is 0 Å². The predicted molar refractivity (Wildman–Crippen MR) is 59.5 cm³/mol. The Morgan fingerprint density at radius 1 is 1.29 bits per heavy atom. The lowest BCUT2D eigenvalue weighted by molar-refractivity contribution is 0.150. The number of hydrogen-bond acceptors (Lipinski definition) is 3. The van der Waals surface area contributed by atoms with Gasteiger partial charge in [0.1, 0.15) is 0 Å². The summed E-state index contributed by atoms with van der Waals surface area (Å²) in [7, 11) is 1.74. The number of hydrogen-bond donors (Lipinski definition) is 2. The van der Waals surface area contributed by atoms with Crippen LogP contribution in [0.4, 0.5) is 0 Å². The maximum atomic E-state index is 8.60. The van der Waals surface area contributed by atoms with Crippen molar-refractivity contribution in [1.82, 2.24) is 5.32 Å². The third-order valence-corrected chi connectivity index (χ3v) is 2.35. The van der Waals surface area contributed by atoms with E-state index in [2.05, 4.69) is 19.2 Å². The Kier molecular flexibility index (Phi) is 8.14. The number of ether oxygens (including phenoxy) is 1. The molecule has 0 amide bonds. The Morgan fingerprint density at radius 2 is 2.00 bits per heavy atom. The van der Waals surface area contributed by atoms with Crippen LogP contribution in [0, 0.1) is 5.41 Å². The van der Waals surface area contributed by atoms with Gasteiger partial charge >= 0.3 is 0 Å². The second-order valence-corrected chi connectivity index (χ2v) is 4.51. The van der Waals surface area contributed by atoms with Gasteiger partial charge in [-0.1, -0.05) is 13.8 Å². The van der Waals surface area contributed by atoms with Gasteiger partial charge in [-0.15, -0.1) is 0 Å². The van der Waals surface area contributed by atoms with Crippen molar-refractivity contribution < 1.29 is 9.84 Å². The third kappa shape index (κ3) is 8.48. The molecule has 0 fully saturated rings. The van der Waals surface area contributed by atoms with Gasteiger partial charge in [0, 0.05) is 26.9 Å². The summed E-state index contributed by atoms with van der Waals surface area (Å²) in [5, 5.41) is 12.0. The first-order valence-corrected chi connectivity index (χ1v) is 5.43. The molecule has 0 aromatic rings. The molecule has 0 radical (unpaired) electrons. The number of methoxy groups -OCH3 is 1. The Morgan fingerprint density at radius 3 is 2.57 bits per heavy atom. The average Bonchev–Trinajstić information content (AvgIpc) is 2.15. The largest absolute Gasteiger partial charge is 0.396 e. The third-order valence-electron chi connectivity index (χ3n) is 2.35. The maximum Gasteiger partial charge on any atom is 0.0467 e. The lowest BCUT2D eigenvalue weighted by Gasteiger charge is -2.24. The lowest BCUT2D eigenvalue weighted by atomic mass is 9.90. The van der Waals surface area contributed by atoms with E-state index in [4.69, 9.17) is 9.84 Å². The molecule has 0 aliphatic heterocycles. The van der Waals surface area contributed by atoms with Crippen LogP contribution in [0.25, 0.3) is 0 Å². The second kappa shape index (κ2) is 8.21. The summed E-state index contributed by atoms with van der Waals surface area (Å²) in [5.41, 5.74) is 0.301. The van der Waals surface area contributed by atoms with Crippen molar-refractivity contribution in [1.29, 1.82) is 0 Å².